The summed E-state index contributed by atoms with van der Waals surface area (Å²) in [5, 5.41) is 10.8. The van der Waals surface area contributed by atoms with Crippen molar-refractivity contribution >= 4 is 58.1 Å². The van der Waals surface area contributed by atoms with Gasteiger partial charge in [-0.1, -0.05) is 29.8 Å². The quantitative estimate of drug-likeness (QED) is 0.451. The SMILES string of the molecule is O=C(CN1C(=O)S/C(=C\c2ccc(-c3ccc(C(=O)O)c(Cl)c3)o2)C1=O)Nc1ccccc1F. The van der Waals surface area contributed by atoms with Gasteiger partial charge in [0.25, 0.3) is 11.1 Å². The molecule has 0 aliphatic carbocycles. The van der Waals surface area contributed by atoms with Gasteiger partial charge in [-0.25, -0.2) is 9.18 Å². The van der Waals surface area contributed by atoms with Crippen molar-refractivity contribution in [3.05, 3.63) is 81.7 Å². The molecule has 4 rings (SSSR count). The molecule has 1 aromatic heterocycles. The van der Waals surface area contributed by atoms with E-state index < -0.39 is 35.4 Å². The van der Waals surface area contributed by atoms with Crippen molar-refractivity contribution in [3.8, 4) is 11.3 Å². The van der Waals surface area contributed by atoms with Gasteiger partial charge in [0, 0.05) is 11.6 Å². The van der Waals surface area contributed by atoms with Crippen molar-refractivity contribution in [2.75, 3.05) is 11.9 Å². The Balaban J connectivity index is 1.47. The minimum absolute atomic E-state index is 0.0396. The second-order valence-corrected chi connectivity index (χ2v) is 8.40. The number of carbonyl (C=O) groups is 4. The Bertz CT molecular complexity index is 1370. The summed E-state index contributed by atoms with van der Waals surface area (Å²) in [5.74, 6) is -2.59. The molecule has 1 aliphatic heterocycles. The summed E-state index contributed by atoms with van der Waals surface area (Å²) in [6.07, 6.45) is 1.36. The highest BCUT2D eigenvalue weighted by Crippen LogP contribution is 2.34. The van der Waals surface area contributed by atoms with E-state index in [9.17, 15) is 23.6 Å². The van der Waals surface area contributed by atoms with Crippen LogP contribution in [0.25, 0.3) is 17.4 Å². The molecule has 1 fully saturated rings. The molecule has 1 saturated heterocycles. The summed E-state index contributed by atoms with van der Waals surface area (Å²) in [6.45, 7) is -0.575. The molecule has 0 radical (unpaired) electrons. The number of carbonyl (C=O) groups excluding carboxylic acids is 3. The fraction of sp³-hybridized carbons (Fsp3) is 0.0435. The minimum atomic E-state index is -1.16. The van der Waals surface area contributed by atoms with Crippen molar-refractivity contribution < 1.29 is 33.1 Å². The number of nitrogens with one attached hydrogen (secondary N) is 1. The van der Waals surface area contributed by atoms with E-state index in [1.54, 1.807) is 12.1 Å². The predicted molar refractivity (Wildman–Crippen MR) is 124 cm³/mol. The molecule has 8 nitrogen and oxygen atoms in total. The molecule has 172 valence electrons. The molecule has 11 heteroatoms. The Morgan fingerprint density at radius 3 is 2.62 bits per heavy atom. The van der Waals surface area contributed by atoms with Crippen LogP contribution in [0.15, 0.2) is 63.9 Å². The molecule has 2 heterocycles. The average Bonchev–Trinajstić information content (AvgIpc) is 3.35. The lowest BCUT2D eigenvalue weighted by Gasteiger charge is -2.12. The third-order valence-electron chi connectivity index (χ3n) is 4.71. The number of benzene rings is 2. The van der Waals surface area contributed by atoms with Crippen LogP contribution in [-0.2, 0) is 9.59 Å². The third kappa shape index (κ3) is 4.87. The molecule has 0 spiro atoms. The van der Waals surface area contributed by atoms with Gasteiger partial charge in [0.2, 0.25) is 5.91 Å². The van der Waals surface area contributed by atoms with Crippen LogP contribution in [0.5, 0.6) is 0 Å². The number of amides is 3. The second-order valence-electron chi connectivity index (χ2n) is 7.00. The van der Waals surface area contributed by atoms with Crippen LogP contribution in [0.2, 0.25) is 5.02 Å². The molecule has 0 unspecified atom stereocenters. The van der Waals surface area contributed by atoms with Crippen molar-refractivity contribution in [3.63, 3.8) is 0 Å². The minimum Gasteiger partial charge on any atom is -0.478 e. The van der Waals surface area contributed by atoms with Crippen molar-refractivity contribution in [1.29, 1.82) is 0 Å². The van der Waals surface area contributed by atoms with Crippen LogP contribution in [-0.4, -0.2) is 39.6 Å². The number of furan rings is 1. The maximum Gasteiger partial charge on any atom is 0.337 e. The number of carboxylic acid groups (broad SMARTS) is 1. The van der Waals surface area contributed by atoms with Crippen molar-refractivity contribution in [2.24, 2.45) is 0 Å². The van der Waals surface area contributed by atoms with E-state index in [1.807, 2.05) is 0 Å². The summed E-state index contributed by atoms with van der Waals surface area (Å²) < 4.78 is 19.4. The Hall–Kier alpha value is -3.89. The number of nitrogens with zero attached hydrogens (tertiary/aromatic N) is 1. The molecule has 3 amide bonds. The Morgan fingerprint density at radius 2 is 1.91 bits per heavy atom. The van der Waals surface area contributed by atoms with Crippen molar-refractivity contribution in [1.82, 2.24) is 4.90 Å². The maximum absolute atomic E-state index is 13.7. The zero-order valence-electron chi connectivity index (χ0n) is 17.1. The smallest absolute Gasteiger partial charge is 0.337 e. The van der Waals surface area contributed by atoms with E-state index in [2.05, 4.69) is 5.32 Å². The number of imide groups is 1. The molecule has 2 N–H and O–H groups in total. The summed E-state index contributed by atoms with van der Waals surface area (Å²) in [6, 6.07) is 13.0. The topological polar surface area (TPSA) is 117 Å². The van der Waals surface area contributed by atoms with Gasteiger partial charge in [-0.05, 0) is 48.2 Å². The zero-order chi connectivity index (χ0) is 24.4. The number of halogens is 2. The van der Waals surface area contributed by atoms with Crippen molar-refractivity contribution in [2.45, 2.75) is 0 Å². The van der Waals surface area contributed by atoms with Gasteiger partial charge < -0.3 is 14.8 Å². The number of hydrogen-bond donors (Lipinski definition) is 2. The Kier molecular flexibility index (Phi) is 6.53. The van der Waals surface area contributed by atoms with E-state index in [0.717, 1.165) is 4.90 Å². The first-order chi connectivity index (χ1) is 16.2. The largest absolute Gasteiger partial charge is 0.478 e. The number of rotatable bonds is 6. The number of aromatic carboxylic acids is 1. The first kappa shape index (κ1) is 23.3. The standard InChI is InChI=1S/C23H14ClFN2O6S/c24-15-9-12(5-7-14(15)22(30)31)18-8-6-13(33-18)10-19-21(29)27(23(32)34-19)11-20(28)26-17-4-2-1-3-16(17)25/h1-10H,11H2,(H,26,28)(H,30,31)/b19-10-. The van der Waals surface area contributed by atoms with Crippen LogP contribution in [0.4, 0.5) is 14.9 Å². The highest BCUT2D eigenvalue weighted by molar-refractivity contribution is 8.18. The predicted octanol–water partition coefficient (Wildman–Crippen LogP) is 5.11. The summed E-state index contributed by atoms with van der Waals surface area (Å²) in [4.78, 5) is 49.0. The lowest BCUT2D eigenvalue weighted by atomic mass is 10.1. The fourth-order valence-corrected chi connectivity index (χ4v) is 4.17. The molecule has 2 aromatic carbocycles. The molecule has 0 atom stereocenters. The van der Waals surface area contributed by atoms with Gasteiger partial charge in [0.05, 0.1) is 21.2 Å². The van der Waals surface area contributed by atoms with E-state index >= 15 is 0 Å². The van der Waals surface area contributed by atoms with Crippen LogP contribution in [0.1, 0.15) is 16.1 Å². The highest BCUT2D eigenvalue weighted by atomic mass is 35.5. The maximum atomic E-state index is 13.7. The van der Waals surface area contributed by atoms with Crippen LogP contribution in [0, 0.1) is 5.82 Å². The first-order valence-electron chi connectivity index (χ1n) is 9.65. The van der Waals surface area contributed by atoms with E-state index in [1.165, 1.54) is 48.5 Å². The van der Waals surface area contributed by atoms with E-state index in [4.69, 9.17) is 21.1 Å². The summed E-state index contributed by atoms with van der Waals surface area (Å²) in [5.41, 5.74) is 0.409. The summed E-state index contributed by atoms with van der Waals surface area (Å²) in [7, 11) is 0. The second kappa shape index (κ2) is 9.54. The molecule has 0 saturated carbocycles. The van der Waals surface area contributed by atoms with E-state index in [0.29, 0.717) is 23.1 Å². The van der Waals surface area contributed by atoms with Crippen LogP contribution >= 0.6 is 23.4 Å². The number of carboxylic acids is 1. The van der Waals surface area contributed by atoms with E-state index in [-0.39, 0.29) is 26.9 Å². The van der Waals surface area contributed by atoms with Gasteiger partial charge in [-0.15, -0.1) is 0 Å². The number of para-hydroxylation sites is 1. The lowest BCUT2D eigenvalue weighted by molar-refractivity contribution is -0.127. The van der Waals surface area contributed by atoms with Gasteiger partial charge in [-0.3, -0.25) is 19.3 Å². The molecule has 34 heavy (non-hydrogen) atoms. The number of thioether (sulfide) groups is 1. The van der Waals surface area contributed by atoms with Crippen LogP contribution in [0.3, 0.4) is 0 Å². The third-order valence-corrected chi connectivity index (χ3v) is 5.93. The fourth-order valence-electron chi connectivity index (χ4n) is 3.09. The molecular formula is C23H14ClFN2O6S. The normalized spacial score (nSPS) is 14.6. The monoisotopic (exact) mass is 500 g/mol. The van der Waals surface area contributed by atoms with Gasteiger partial charge in [0.15, 0.2) is 0 Å². The van der Waals surface area contributed by atoms with Gasteiger partial charge >= 0.3 is 5.97 Å². The molecule has 1 aliphatic rings. The first-order valence-corrected chi connectivity index (χ1v) is 10.8. The molecular weight excluding hydrogens is 487 g/mol. The Morgan fingerprint density at radius 1 is 1.15 bits per heavy atom. The lowest BCUT2D eigenvalue weighted by Crippen LogP contribution is -2.36. The number of hydrogen-bond acceptors (Lipinski definition) is 6. The van der Waals surface area contributed by atoms with Gasteiger partial charge in [0.1, 0.15) is 23.9 Å². The zero-order valence-corrected chi connectivity index (χ0v) is 18.7. The van der Waals surface area contributed by atoms with Gasteiger partial charge in [-0.2, -0.15) is 0 Å². The summed E-state index contributed by atoms with van der Waals surface area (Å²) >= 11 is 6.63. The highest BCUT2D eigenvalue weighted by Gasteiger charge is 2.36. The Labute approximate surface area is 201 Å². The average molecular weight is 501 g/mol. The van der Waals surface area contributed by atoms with Crippen LogP contribution < -0.4 is 5.32 Å². The number of anilines is 1. The molecule has 0 bridgehead atoms. The molecule has 3 aromatic rings.